The molecule has 104 valence electrons. The molecule has 4 heteroatoms. The molecule has 2 N–H and O–H groups in total. The zero-order valence-corrected chi connectivity index (χ0v) is 12.1. The van der Waals surface area contributed by atoms with Crippen molar-refractivity contribution in [2.24, 2.45) is 5.73 Å². The molecule has 0 aromatic carbocycles. The fraction of sp³-hybridized carbons (Fsp3) is 0.786. The molecule has 0 aliphatic rings. The van der Waals surface area contributed by atoms with Crippen molar-refractivity contribution >= 4 is 0 Å². The van der Waals surface area contributed by atoms with E-state index < -0.39 is 0 Å². The van der Waals surface area contributed by atoms with E-state index in [0.717, 1.165) is 25.0 Å². The van der Waals surface area contributed by atoms with E-state index >= 15 is 0 Å². The van der Waals surface area contributed by atoms with Gasteiger partial charge in [0.05, 0.1) is 17.9 Å². The molecule has 0 amide bonds. The average molecular weight is 253 g/mol. The largest absolute Gasteiger partial charge is 0.367 e. The van der Waals surface area contributed by atoms with Crippen molar-refractivity contribution in [2.75, 3.05) is 6.54 Å². The molecule has 0 aliphatic carbocycles. The molecule has 4 nitrogen and oxygen atoms in total. The smallest absolute Gasteiger partial charge is 0.0914 e. The molecule has 1 rings (SSSR count). The van der Waals surface area contributed by atoms with Crippen LogP contribution in [0.3, 0.4) is 0 Å². The Bertz CT molecular complexity index is 336. The molecule has 0 aliphatic heterocycles. The zero-order valence-electron chi connectivity index (χ0n) is 12.1. The second-order valence-electron chi connectivity index (χ2n) is 4.93. The normalized spacial score (nSPS) is 13.8. The second-order valence-corrected chi connectivity index (χ2v) is 4.93. The van der Waals surface area contributed by atoms with Crippen LogP contribution >= 0.6 is 0 Å². The Kier molecular flexibility index (Phi) is 5.82. The lowest BCUT2D eigenvalue weighted by Crippen LogP contribution is -2.39. The van der Waals surface area contributed by atoms with Gasteiger partial charge in [-0.1, -0.05) is 20.8 Å². The monoisotopic (exact) mass is 253 g/mol. The first-order valence-corrected chi connectivity index (χ1v) is 6.98. The molecule has 0 bridgehead atoms. The molecule has 1 aromatic rings. The van der Waals surface area contributed by atoms with E-state index in [4.69, 9.17) is 10.5 Å². The third-order valence-corrected chi connectivity index (χ3v) is 3.89. The summed E-state index contributed by atoms with van der Waals surface area (Å²) < 4.78 is 7.99. The molecule has 18 heavy (non-hydrogen) atoms. The van der Waals surface area contributed by atoms with Crippen LogP contribution in [0.25, 0.3) is 0 Å². The molecular formula is C14H27N3O. The minimum Gasteiger partial charge on any atom is -0.367 e. The first kappa shape index (κ1) is 15.2. The summed E-state index contributed by atoms with van der Waals surface area (Å²) >= 11 is 0. The minimum absolute atomic E-state index is 0.194. The van der Waals surface area contributed by atoms with Crippen LogP contribution < -0.4 is 5.73 Å². The summed E-state index contributed by atoms with van der Waals surface area (Å²) in [6.07, 6.45) is 4.98. The van der Waals surface area contributed by atoms with E-state index in [1.165, 1.54) is 0 Å². The lowest BCUT2D eigenvalue weighted by Gasteiger charge is -2.30. The molecule has 1 heterocycles. The van der Waals surface area contributed by atoms with Gasteiger partial charge < -0.3 is 10.5 Å². The predicted molar refractivity (Wildman–Crippen MR) is 74.4 cm³/mol. The highest BCUT2D eigenvalue weighted by atomic mass is 16.5. The lowest BCUT2D eigenvalue weighted by atomic mass is 9.97. The van der Waals surface area contributed by atoms with Gasteiger partial charge in [-0.2, -0.15) is 5.10 Å². The Morgan fingerprint density at radius 1 is 1.39 bits per heavy atom. The van der Waals surface area contributed by atoms with Gasteiger partial charge in [-0.15, -0.1) is 0 Å². The van der Waals surface area contributed by atoms with Crippen molar-refractivity contribution < 1.29 is 4.74 Å². The van der Waals surface area contributed by atoms with E-state index in [1.54, 1.807) is 0 Å². The molecule has 0 fully saturated rings. The Hall–Kier alpha value is -0.870. The van der Waals surface area contributed by atoms with Crippen LogP contribution in [-0.2, 0) is 11.3 Å². The Balaban J connectivity index is 2.60. The Morgan fingerprint density at radius 3 is 2.56 bits per heavy atom. The summed E-state index contributed by atoms with van der Waals surface area (Å²) in [7, 11) is 0. The number of rotatable bonds is 8. The summed E-state index contributed by atoms with van der Waals surface area (Å²) in [5, 5.41) is 4.54. The van der Waals surface area contributed by atoms with E-state index in [2.05, 4.69) is 32.8 Å². The maximum atomic E-state index is 5.99. The Morgan fingerprint density at radius 2 is 2.06 bits per heavy atom. The molecule has 1 atom stereocenters. The standard InChI is InChI=1S/C14H27N3O/c1-5-12(4)17-9-8-13(16-17)10-18-14(6-2,7-3)11-15/h8-9,12H,5-7,10-11,15H2,1-4H3. The number of hydrogen-bond donors (Lipinski definition) is 1. The van der Waals surface area contributed by atoms with Crippen molar-refractivity contribution in [2.45, 2.75) is 65.2 Å². The minimum atomic E-state index is -0.194. The highest BCUT2D eigenvalue weighted by Crippen LogP contribution is 2.21. The number of nitrogens with zero attached hydrogens (tertiary/aromatic N) is 2. The highest BCUT2D eigenvalue weighted by molar-refractivity contribution is 4.98. The van der Waals surface area contributed by atoms with Gasteiger partial charge in [0.15, 0.2) is 0 Å². The van der Waals surface area contributed by atoms with E-state index in [0.29, 0.717) is 19.2 Å². The fourth-order valence-electron chi connectivity index (χ4n) is 1.92. The van der Waals surface area contributed by atoms with Crippen molar-refractivity contribution in [1.29, 1.82) is 0 Å². The van der Waals surface area contributed by atoms with Crippen molar-refractivity contribution in [3.63, 3.8) is 0 Å². The summed E-state index contributed by atoms with van der Waals surface area (Å²) in [6, 6.07) is 2.47. The first-order valence-electron chi connectivity index (χ1n) is 6.98. The number of nitrogens with two attached hydrogens (primary N) is 1. The molecule has 0 spiro atoms. The highest BCUT2D eigenvalue weighted by Gasteiger charge is 2.25. The van der Waals surface area contributed by atoms with E-state index in [-0.39, 0.29) is 5.60 Å². The summed E-state index contributed by atoms with van der Waals surface area (Å²) in [5.74, 6) is 0. The summed E-state index contributed by atoms with van der Waals surface area (Å²) in [4.78, 5) is 0. The van der Waals surface area contributed by atoms with Gasteiger partial charge in [0.1, 0.15) is 0 Å². The average Bonchev–Trinajstić information content (AvgIpc) is 2.89. The Labute approximate surface area is 111 Å². The summed E-state index contributed by atoms with van der Waals surface area (Å²) in [6.45, 7) is 9.67. The van der Waals surface area contributed by atoms with Gasteiger partial charge in [-0.25, -0.2) is 0 Å². The molecule has 1 aromatic heterocycles. The second kappa shape index (κ2) is 6.90. The lowest BCUT2D eigenvalue weighted by molar-refractivity contribution is -0.0567. The van der Waals surface area contributed by atoms with Crippen molar-refractivity contribution in [1.82, 2.24) is 9.78 Å². The van der Waals surface area contributed by atoms with Crippen molar-refractivity contribution in [3.05, 3.63) is 18.0 Å². The van der Waals surface area contributed by atoms with Gasteiger partial charge >= 0.3 is 0 Å². The molecule has 0 saturated carbocycles. The van der Waals surface area contributed by atoms with Crippen LogP contribution in [0.5, 0.6) is 0 Å². The van der Waals surface area contributed by atoms with Crippen LogP contribution in [0.4, 0.5) is 0 Å². The number of hydrogen-bond acceptors (Lipinski definition) is 3. The SMILES string of the molecule is CCC(C)n1ccc(COC(CC)(CC)CN)n1. The predicted octanol–water partition coefficient (Wildman–Crippen LogP) is 2.89. The maximum absolute atomic E-state index is 5.99. The maximum Gasteiger partial charge on any atom is 0.0914 e. The van der Waals surface area contributed by atoms with E-state index in [9.17, 15) is 0 Å². The van der Waals surface area contributed by atoms with E-state index in [1.807, 2.05) is 16.9 Å². The topological polar surface area (TPSA) is 53.1 Å². The molecule has 0 radical (unpaired) electrons. The third kappa shape index (κ3) is 3.56. The van der Waals surface area contributed by atoms with Gasteiger partial charge in [0, 0.05) is 18.8 Å². The van der Waals surface area contributed by atoms with Crippen molar-refractivity contribution in [3.8, 4) is 0 Å². The summed E-state index contributed by atoms with van der Waals surface area (Å²) in [5.41, 5.74) is 6.60. The van der Waals surface area contributed by atoms with Gasteiger partial charge in [0.2, 0.25) is 0 Å². The number of aromatic nitrogens is 2. The fourth-order valence-corrected chi connectivity index (χ4v) is 1.92. The molecule has 1 unspecified atom stereocenters. The van der Waals surface area contributed by atoms with Crippen LogP contribution in [0.1, 0.15) is 58.7 Å². The quantitative estimate of drug-likeness (QED) is 0.775. The van der Waals surface area contributed by atoms with Crippen LogP contribution in [0.15, 0.2) is 12.3 Å². The van der Waals surface area contributed by atoms with Gasteiger partial charge in [0.25, 0.3) is 0 Å². The van der Waals surface area contributed by atoms with Gasteiger partial charge in [-0.3, -0.25) is 4.68 Å². The van der Waals surface area contributed by atoms with Crippen LogP contribution in [-0.4, -0.2) is 21.9 Å². The van der Waals surface area contributed by atoms with Crippen LogP contribution in [0, 0.1) is 0 Å². The van der Waals surface area contributed by atoms with Gasteiger partial charge in [-0.05, 0) is 32.3 Å². The zero-order chi connectivity index (χ0) is 13.6. The molecular weight excluding hydrogens is 226 g/mol. The first-order chi connectivity index (χ1) is 8.60. The van der Waals surface area contributed by atoms with Crippen LogP contribution in [0.2, 0.25) is 0 Å². The number of ether oxygens (including phenoxy) is 1. The third-order valence-electron chi connectivity index (χ3n) is 3.89. The molecule has 0 saturated heterocycles.